The van der Waals surface area contributed by atoms with E-state index in [1.807, 2.05) is 47.4 Å². The van der Waals surface area contributed by atoms with Crippen molar-refractivity contribution in [3.63, 3.8) is 0 Å². The van der Waals surface area contributed by atoms with Gasteiger partial charge in [-0.05, 0) is 31.0 Å². The van der Waals surface area contributed by atoms with E-state index in [1.165, 1.54) is 0 Å². The Hall–Kier alpha value is -3.72. The van der Waals surface area contributed by atoms with Gasteiger partial charge in [-0.2, -0.15) is 0 Å². The lowest BCUT2D eigenvalue weighted by molar-refractivity contribution is -0.162. The van der Waals surface area contributed by atoms with E-state index in [9.17, 15) is 9.59 Å². The van der Waals surface area contributed by atoms with Crippen molar-refractivity contribution in [3.05, 3.63) is 77.1 Å². The van der Waals surface area contributed by atoms with Crippen LogP contribution in [0.4, 0.5) is 0 Å². The molecule has 2 amide bonds. The molecule has 0 aliphatic carbocycles. The zero-order valence-electron chi connectivity index (χ0n) is 19.0. The highest BCUT2D eigenvalue weighted by molar-refractivity contribution is 5.97. The van der Waals surface area contributed by atoms with Crippen LogP contribution < -0.4 is 4.74 Å². The number of hydrogen-bond donors (Lipinski definition) is 0. The molecule has 0 unspecified atom stereocenters. The van der Waals surface area contributed by atoms with E-state index in [0.717, 1.165) is 5.56 Å². The third-order valence-electron chi connectivity index (χ3n) is 6.38. The summed E-state index contributed by atoms with van der Waals surface area (Å²) in [6.45, 7) is 3.93. The Morgan fingerprint density at radius 1 is 1.09 bits per heavy atom. The van der Waals surface area contributed by atoms with Crippen molar-refractivity contribution in [3.8, 4) is 5.75 Å². The summed E-state index contributed by atoms with van der Waals surface area (Å²) in [5, 5.41) is 7.58. The fourth-order valence-corrected chi connectivity index (χ4v) is 4.47. The number of amides is 2. The highest BCUT2D eigenvalue weighted by Crippen LogP contribution is 2.32. The largest absolute Gasteiger partial charge is 0.486 e. The summed E-state index contributed by atoms with van der Waals surface area (Å²) in [5.41, 5.74) is 2.22. The molecule has 0 radical (unpaired) electrons. The van der Waals surface area contributed by atoms with Gasteiger partial charge in [0.25, 0.3) is 5.91 Å². The van der Waals surface area contributed by atoms with Crippen molar-refractivity contribution in [2.24, 2.45) is 0 Å². The highest BCUT2D eigenvalue weighted by atomic mass is 16.6. The molecule has 2 aliphatic heterocycles. The Kier molecular flexibility index (Phi) is 6.02. The first-order valence-electron chi connectivity index (χ1n) is 11.3. The molecule has 5 rings (SSSR count). The summed E-state index contributed by atoms with van der Waals surface area (Å²) < 4.78 is 16.6. The summed E-state index contributed by atoms with van der Waals surface area (Å²) in [7, 11) is 0. The summed E-state index contributed by atoms with van der Waals surface area (Å²) in [6.07, 6.45) is 0.671. The SMILES string of the molecule is Cc1nonc1COc1ccccc1C(=O)N1CC[C@@]2(CN(Cc3ccccc3)C(=O)CO2)C1. The number of hydrogen-bond acceptors (Lipinski definition) is 7. The van der Waals surface area contributed by atoms with Gasteiger partial charge in [0.2, 0.25) is 5.91 Å². The molecule has 0 saturated carbocycles. The number of aryl methyl sites for hydroxylation is 1. The first-order chi connectivity index (χ1) is 16.5. The van der Waals surface area contributed by atoms with E-state index in [-0.39, 0.29) is 25.0 Å². The number of para-hydroxylation sites is 1. The van der Waals surface area contributed by atoms with Crippen LogP contribution in [0.25, 0.3) is 0 Å². The number of rotatable bonds is 6. The smallest absolute Gasteiger partial charge is 0.257 e. The molecule has 2 fully saturated rings. The van der Waals surface area contributed by atoms with Crippen LogP contribution in [0.15, 0.2) is 59.2 Å². The summed E-state index contributed by atoms with van der Waals surface area (Å²) in [4.78, 5) is 29.5. The van der Waals surface area contributed by atoms with E-state index in [4.69, 9.17) is 14.1 Å². The van der Waals surface area contributed by atoms with Crippen LogP contribution in [-0.4, -0.2) is 63.8 Å². The molecule has 3 heterocycles. The molecular formula is C25H26N4O5. The van der Waals surface area contributed by atoms with Crippen LogP contribution in [0.1, 0.15) is 33.7 Å². The first-order valence-corrected chi connectivity index (χ1v) is 11.3. The van der Waals surface area contributed by atoms with Crippen LogP contribution in [0, 0.1) is 6.92 Å². The van der Waals surface area contributed by atoms with Gasteiger partial charge in [-0.15, -0.1) is 0 Å². The van der Waals surface area contributed by atoms with Crippen LogP contribution in [0.5, 0.6) is 5.75 Å². The predicted molar refractivity (Wildman–Crippen MR) is 121 cm³/mol. The zero-order chi connectivity index (χ0) is 23.5. The average Bonchev–Trinajstić information content (AvgIpc) is 3.47. The zero-order valence-corrected chi connectivity index (χ0v) is 19.0. The molecule has 1 aromatic heterocycles. The molecule has 2 aliphatic rings. The molecule has 9 heteroatoms. The molecule has 3 aromatic rings. The maximum atomic E-state index is 13.4. The molecule has 1 atom stereocenters. The van der Waals surface area contributed by atoms with Gasteiger partial charge in [-0.3, -0.25) is 9.59 Å². The van der Waals surface area contributed by atoms with Gasteiger partial charge in [0.05, 0.1) is 18.7 Å². The second-order valence-electron chi connectivity index (χ2n) is 8.76. The monoisotopic (exact) mass is 462 g/mol. The number of likely N-dealkylation sites (tertiary alicyclic amines) is 1. The molecule has 2 saturated heterocycles. The minimum absolute atomic E-state index is 0.0274. The summed E-state index contributed by atoms with van der Waals surface area (Å²) in [5.74, 6) is 0.314. The first kappa shape index (κ1) is 22.1. The number of morpholine rings is 1. The molecule has 9 nitrogen and oxygen atoms in total. The van der Waals surface area contributed by atoms with E-state index >= 15 is 0 Å². The normalized spacial score (nSPS) is 20.2. The van der Waals surface area contributed by atoms with Gasteiger partial charge in [0.1, 0.15) is 36.0 Å². The topological polar surface area (TPSA) is 98.0 Å². The maximum absolute atomic E-state index is 13.4. The van der Waals surface area contributed by atoms with Crippen molar-refractivity contribution in [1.82, 2.24) is 20.1 Å². The molecule has 1 spiro atoms. The molecule has 0 N–H and O–H groups in total. The number of aromatic nitrogens is 2. The number of carbonyl (C=O) groups excluding carboxylic acids is 2. The van der Waals surface area contributed by atoms with E-state index in [2.05, 4.69) is 10.3 Å². The predicted octanol–water partition coefficient (Wildman–Crippen LogP) is 2.60. The maximum Gasteiger partial charge on any atom is 0.257 e. The van der Waals surface area contributed by atoms with E-state index in [0.29, 0.717) is 55.3 Å². The number of nitrogens with zero attached hydrogens (tertiary/aromatic N) is 4. The van der Waals surface area contributed by atoms with Crippen molar-refractivity contribution in [2.45, 2.75) is 32.1 Å². The summed E-state index contributed by atoms with van der Waals surface area (Å²) >= 11 is 0. The van der Waals surface area contributed by atoms with Crippen LogP contribution in [0.2, 0.25) is 0 Å². The Bertz CT molecular complexity index is 1180. The molecule has 34 heavy (non-hydrogen) atoms. The average molecular weight is 463 g/mol. The van der Waals surface area contributed by atoms with Gasteiger partial charge in [-0.25, -0.2) is 4.63 Å². The molecular weight excluding hydrogens is 436 g/mol. The van der Waals surface area contributed by atoms with Crippen LogP contribution >= 0.6 is 0 Å². The van der Waals surface area contributed by atoms with Gasteiger partial charge in [0.15, 0.2) is 0 Å². The lowest BCUT2D eigenvalue weighted by Crippen LogP contribution is -2.55. The van der Waals surface area contributed by atoms with Crippen molar-refractivity contribution in [2.75, 3.05) is 26.2 Å². The second-order valence-corrected chi connectivity index (χ2v) is 8.76. The third-order valence-corrected chi connectivity index (χ3v) is 6.38. The van der Waals surface area contributed by atoms with Gasteiger partial charge >= 0.3 is 0 Å². The Morgan fingerprint density at radius 2 is 1.88 bits per heavy atom. The fourth-order valence-electron chi connectivity index (χ4n) is 4.47. The number of ether oxygens (including phenoxy) is 2. The van der Waals surface area contributed by atoms with E-state index < -0.39 is 5.60 Å². The van der Waals surface area contributed by atoms with Crippen LogP contribution in [0.3, 0.4) is 0 Å². The standard InChI is InChI=1S/C25H26N4O5/c1-18-21(27-34-26-18)14-32-22-10-6-5-9-20(22)24(31)28-12-11-25(16-28)17-29(23(30)15-33-25)13-19-7-3-2-4-8-19/h2-10H,11-17H2,1H3/t25-/m0/s1. The Labute approximate surface area is 197 Å². The minimum atomic E-state index is -0.558. The lowest BCUT2D eigenvalue weighted by atomic mass is 10.00. The molecule has 176 valence electrons. The van der Waals surface area contributed by atoms with Crippen molar-refractivity contribution < 1.29 is 23.7 Å². The van der Waals surface area contributed by atoms with Gasteiger partial charge in [0, 0.05) is 13.1 Å². The lowest BCUT2D eigenvalue weighted by Gasteiger charge is -2.40. The van der Waals surface area contributed by atoms with E-state index in [1.54, 1.807) is 24.0 Å². The number of benzene rings is 2. The quantitative estimate of drug-likeness (QED) is 0.555. The Morgan fingerprint density at radius 3 is 2.68 bits per heavy atom. The van der Waals surface area contributed by atoms with Crippen molar-refractivity contribution >= 4 is 11.8 Å². The second kappa shape index (κ2) is 9.26. The highest BCUT2D eigenvalue weighted by Gasteiger charge is 2.46. The molecule has 2 aromatic carbocycles. The van der Waals surface area contributed by atoms with Crippen molar-refractivity contribution in [1.29, 1.82) is 0 Å². The summed E-state index contributed by atoms with van der Waals surface area (Å²) in [6, 6.07) is 17.1. The van der Waals surface area contributed by atoms with Gasteiger partial charge < -0.3 is 19.3 Å². The minimum Gasteiger partial charge on any atom is -0.486 e. The van der Waals surface area contributed by atoms with Gasteiger partial charge in [-0.1, -0.05) is 52.8 Å². The Balaban J connectivity index is 1.27. The number of carbonyl (C=O) groups is 2. The fraction of sp³-hybridized carbons (Fsp3) is 0.360. The van der Waals surface area contributed by atoms with Crippen LogP contribution in [-0.2, 0) is 22.7 Å². The molecule has 0 bridgehead atoms. The third kappa shape index (κ3) is 4.51.